The largest absolute Gasteiger partial charge is 0.465 e. The van der Waals surface area contributed by atoms with Crippen molar-refractivity contribution < 1.29 is 28.8 Å². The van der Waals surface area contributed by atoms with Crippen LogP contribution in [0.5, 0.6) is 0 Å². The molecule has 0 unspecified atom stereocenters. The van der Waals surface area contributed by atoms with Gasteiger partial charge in [-0.25, -0.2) is 9.59 Å². The number of aromatic nitrogens is 2. The van der Waals surface area contributed by atoms with Crippen molar-refractivity contribution in [2.24, 2.45) is 7.05 Å². The van der Waals surface area contributed by atoms with Gasteiger partial charge in [0.15, 0.2) is 0 Å². The second kappa shape index (κ2) is 8.17. The van der Waals surface area contributed by atoms with E-state index in [0.29, 0.717) is 0 Å². The summed E-state index contributed by atoms with van der Waals surface area (Å²) in [5.74, 6) is -2.27. The van der Waals surface area contributed by atoms with E-state index in [1.807, 2.05) is 0 Å². The first-order chi connectivity index (χ1) is 13.1. The van der Waals surface area contributed by atoms with Crippen molar-refractivity contribution in [3.8, 4) is 0 Å². The highest BCUT2D eigenvalue weighted by Gasteiger charge is 2.32. The third-order valence-corrected chi connectivity index (χ3v) is 5.00. The summed E-state index contributed by atoms with van der Waals surface area (Å²) < 4.78 is 10.8. The molecule has 150 valence electrons. The van der Waals surface area contributed by atoms with Gasteiger partial charge in [-0.15, -0.1) is 11.3 Å². The van der Waals surface area contributed by atoms with Gasteiger partial charge in [0, 0.05) is 7.05 Å². The zero-order chi connectivity index (χ0) is 21.2. The first-order valence-corrected chi connectivity index (χ1v) is 8.83. The van der Waals surface area contributed by atoms with Crippen molar-refractivity contribution in [2.75, 3.05) is 19.0 Å². The molecule has 0 bridgehead atoms. The molecule has 0 fully saturated rings. The van der Waals surface area contributed by atoms with Crippen molar-refractivity contribution >= 4 is 39.9 Å². The summed E-state index contributed by atoms with van der Waals surface area (Å²) >= 11 is 0.821. The van der Waals surface area contributed by atoms with Crippen molar-refractivity contribution in [1.82, 2.24) is 9.78 Å². The number of nitrogens with zero attached hydrogens (tertiary/aromatic N) is 3. The smallest absolute Gasteiger partial charge is 0.348 e. The molecule has 0 aliphatic carbocycles. The van der Waals surface area contributed by atoms with Crippen molar-refractivity contribution in [2.45, 2.75) is 20.8 Å². The number of aryl methyl sites for hydroxylation is 2. The van der Waals surface area contributed by atoms with Gasteiger partial charge < -0.3 is 14.8 Å². The van der Waals surface area contributed by atoms with Gasteiger partial charge in [-0.05, 0) is 26.3 Å². The van der Waals surface area contributed by atoms with Gasteiger partial charge in [0.05, 0.1) is 24.2 Å². The van der Waals surface area contributed by atoms with E-state index in [1.165, 1.54) is 20.9 Å². The van der Waals surface area contributed by atoms with Crippen LogP contribution in [0.15, 0.2) is 0 Å². The topological polar surface area (TPSA) is 143 Å². The molecule has 2 aromatic rings. The second-order valence-corrected chi connectivity index (χ2v) is 6.61. The van der Waals surface area contributed by atoms with Crippen LogP contribution in [0, 0.1) is 24.0 Å². The molecule has 0 radical (unpaired) electrons. The molecule has 0 aliphatic heterocycles. The fourth-order valence-electron chi connectivity index (χ4n) is 2.62. The Labute approximate surface area is 163 Å². The highest BCUT2D eigenvalue weighted by atomic mass is 32.1. The molecule has 0 aromatic carbocycles. The molecule has 2 aromatic heterocycles. The number of rotatable bonds is 6. The Morgan fingerprint density at radius 2 is 1.93 bits per heavy atom. The first-order valence-electron chi connectivity index (χ1n) is 8.02. The predicted molar refractivity (Wildman–Crippen MR) is 98.9 cm³/mol. The third-order valence-electron chi connectivity index (χ3n) is 3.81. The Morgan fingerprint density at radius 1 is 1.29 bits per heavy atom. The highest BCUT2D eigenvalue weighted by molar-refractivity contribution is 7.18. The molecule has 0 saturated carbocycles. The first kappa shape index (κ1) is 21.0. The lowest BCUT2D eigenvalue weighted by molar-refractivity contribution is -0.385. The number of methoxy groups -OCH3 is 1. The molecular formula is C16H18N4O7S. The molecule has 28 heavy (non-hydrogen) atoms. The average Bonchev–Trinajstić information content (AvgIpc) is 3.10. The zero-order valence-corrected chi connectivity index (χ0v) is 16.6. The van der Waals surface area contributed by atoms with E-state index in [0.717, 1.165) is 23.1 Å². The number of anilines is 1. The fraction of sp³-hybridized carbons (Fsp3) is 0.375. The van der Waals surface area contributed by atoms with Gasteiger partial charge >= 0.3 is 17.6 Å². The standard InChI is InChI=1S/C16H18N4O7S/c1-6-27-16(23)12-7(2)9(15(22)26-5)14(28-12)17-13(21)11-10(20(24)25)8(3)18-19(11)4/h6H2,1-5H3,(H,17,21). The van der Waals surface area contributed by atoms with E-state index >= 15 is 0 Å². The number of esters is 2. The second-order valence-electron chi connectivity index (χ2n) is 5.59. The van der Waals surface area contributed by atoms with Crippen LogP contribution >= 0.6 is 11.3 Å². The number of carbonyl (C=O) groups excluding carboxylic acids is 3. The van der Waals surface area contributed by atoms with Gasteiger partial charge in [-0.1, -0.05) is 0 Å². The van der Waals surface area contributed by atoms with Gasteiger partial charge in [-0.2, -0.15) is 5.10 Å². The summed E-state index contributed by atoms with van der Waals surface area (Å²) in [4.78, 5) is 47.7. The third kappa shape index (κ3) is 3.71. The number of amides is 1. The van der Waals surface area contributed by atoms with Crippen LogP contribution in [-0.4, -0.2) is 46.3 Å². The van der Waals surface area contributed by atoms with Crippen LogP contribution in [0.2, 0.25) is 0 Å². The maximum atomic E-state index is 12.7. The molecule has 1 amide bonds. The van der Waals surface area contributed by atoms with E-state index in [2.05, 4.69) is 10.4 Å². The van der Waals surface area contributed by atoms with Crippen molar-refractivity contribution in [3.05, 3.63) is 37.5 Å². The lowest BCUT2D eigenvalue weighted by Crippen LogP contribution is -2.18. The van der Waals surface area contributed by atoms with Crippen LogP contribution in [0.25, 0.3) is 0 Å². The van der Waals surface area contributed by atoms with Crippen molar-refractivity contribution in [3.63, 3.8) is 0 Å². The van der Waals surface area contributed by atoms with Gasteiger partial charge in [0.2, 0.25) is 5.69 Å². The number of hydrogen-bond acceptors (Lipinski definition) is 9. The number of thiophene rings is 1. The molecule has 0 aliphatic rings. The monoisotopic (exact) mass is 410 g/mol. The minimum Gasteiger partial charge on any atom is -0.465 e. The molecule has 0 atom stereocenters. The van der Waals surface area contributed by atoms with Gasteiger partial charge in [0.25, 0.3) is 5.91 Å². The summed E-state index contributed by atoms with van der Waals surface area (Å²) in [5.41, 5.74) is -0.410. The van der Waals surface area contributed by atoms with E-state index < -0.39 is 28.5 Å². The van der Waals surface area contributed by atoms with Crippen LogP contribution in [0.1, 0.15) is 48.7 Å². The zero-order valence-electron chi connectivity index (χ0n) is 15.8. The van der Waals surface area contributed by atoms with Crippen LogP contribution in [0.4, 0.5) is 10.7 Å². The highest BCUT2D eigenvalue weighted by Crippen LogP contribution is 2.35. The molecule has 0 spiro atoms. The Kier molecular flexibility index (Phi) is 6.13. The quantitative estimate of drug-likeness (QED) is 0.434. The normalized spacial score (nSPS) is 10.5. The van der Waals surface area contributed by atoms with Crippen LogP contribution in [-0.2, 0) is 16.5 Å². The van der Waals surface area contributed by atoms with Gasteiger partial charge in [0.1, 0.15) is 15.6 Å². The van der Waals surface area contributed by atoms with Gasteiger partial charge in [-0.3, -0.25) is 19.6 Å². The summed E-state index contributed by atoms with van der Waals surface area (Å²) in [6, 6.07) is 0. The fourth-order valence-corrected chi connectivity index (χ4v) is 3.71. The number of hydrogen-bond donors (Lipinski definition) is 1. The molecule has 1 N–H and O–H groups in total. The Balaban J connectivity index is 2.53. The lowest BCUT2D eigenvalue weighted by Gasteiger charge is -2.06. The van der Waals surface area contributed by atoms with E-state index in [-0.39, 0.29) is 39.0 Å². The number of nitro groups is 1. The molecule has 12 heteroatoms. The van der Waals surface area contributed by atoms with Crippen LogP contribution < -0.4 is 5.32 Å². The Hall–Kier alpha value is -3.28. The SMILES string of the molecule is CCOC(=O)c1sc(NC(=O)c2c([N+](=O)[O-])c(C)nn2C)c(C(=O)OC)c1C. The molecule has 11 nitrogen and oxygen atoms in total. The number of ether oxygens (including phenoxy) is 2. The average molecular weight is 410 g/mol. The van der Waals surface area contributed by atoms with E-state index in [4.69, 9.17) is 9.47 Å². The van der Waals surface area contributed by atoms with E-state index in [9.17, 15) is 24.5 Å². The van der Waals surface area contributed by atoms with Crippen molar-refractivity contribution in [1.29, 1.82) is 0 Å². The minimum absolute atomic E-state index is 0.0190. The molecule has 0 saturated heterocycles. The summed E-state index contributed by atoms with van der Waals surface area (Å²) in [7, 11) is 2.55. The summed E-state index contributed by atoms with van der Waals surface area (Å²) in [6.45, 7) is 4.69. The summed E-state index contributed by atoms with van der Waals surface area (Å²) in [5, 5.41) is 17.7. The lowest BCUT2D eigenvalue weighted by atomic mass is 10.1. The maximum absolute atomic E-state index is 12.7. The Bertz CT molecular complexity index is 976. The number of carbonyl (C=O) groups is 3. The molecule has 2 rings (SSSR count). The minimum atomic E-state index is -0.850. The Morgan fingerprint density at radius 3 is 2.46 bits per heavy atom. The van der Waals surface area contributed by atoms with E-state index in [1.54, 1.807) is 6.92 Å². The summed E-state index contributed by atoms with van der Waals surface area (Å²) in [6.07, 6.45) is 0. The number of nitrogens with one attached hydrogen (secondary N) is 1. The maximum Gasteiger partial charge on any atom is 0.348 e. The predicted octanol–water partition coefficient (Wildman–Crippen LogP) is 2.22. The molecule has 2 heterocycles. The van der Waals surface area contributed by atoms with Crippen LogP contribution in [0.3, 0.4) is 0 Å². The molecular weight excluding hydrogens is 392 g/mol.